The number of hydrogen-bond acceptors (Lipinski definition) is 2. The summed E-state index contributed by atoms with van der Waals surface area (Å²) in [7, 11) is -1.19. The van der Waals surface area contributed by atoms with Gasteiger partial charge < -0.3 is 5.11 Å². The fourth-order valence-corrected chi connectivity index (χ4v) is 4.35. The summed E-state index contributed by atoms with van der Waals surface area (Å²) in [5.74, 6) is 0. The van der Waals surface area contributed by atoms with Crippen molar-refractivity contribution in [2.45, 2.75) is 62.8 Å². The van der Waals surface area contributed by atoms with E-state index in [4.69, 9.17) is 0 Å². The Kier molecular flexibility index (Phi) is 4.82. The van der Waals surface area contributed by atoms with Gasteiger partial charge in [-0.3, -0.25) is 0 Å². The zero-order valence-electron chi connectivity index (χ0n) is 14.7. The molecule has 0 amide bonds. The van der Waals surface area contributed by atoms with Crippen LogP contribution in [0.1, 0.15) is 52.0 Å². The molecule has 0 spiro atoms. The van der Waals surface area contributed by atoms with Crippen molar-refractivity contribution in [3.8, 4) is 0 Å². The third kappa shape index (κ3) is 3.41. The van der Waals surface area contributed by atoms with Gasteiger partial charge in [0.15, 0.2) is 0 Å². The van der Waals surface area contributed by atoms with Crippen LogP contribution in [-0.4, -0.2) is 20.1 Å². The molecule has 2 aromatic carbocycles. The van der Waals surface area contributed by atoms with Gasteiger partial charge in [-0.05, 0) is 56.0 Å². The second kappa shape index (κ2) is 6.58. The summed E-state index contributed by atoms with van der Waals surface area (Å²) >= 11 is 0. The maximum atomic E-state index is 12.6. The number of aliphatic hydroxyl groups is 1. The van der Waals surface area contributed by atoms with Crippen molar-refractivity contribution in [1.29, 1.82) is 0 Å². The van der Waals surface area contributed by atoms with Crippen molar-refractivity contribution >= 4 is 21.8 Å². The van der Waals surface area contributed by atoms with Gasteiger partial charge in [0, 0.05) is 0 Å². The zero-order valence-corrected chi connectivity index (χ0v) is 15.5. The van der Waals surface area contributed by atoms with Crippen LogP contribution in [0.5, 0.6) is 0 Å². The number of hydrogen-bond donors (Lipinski definition) is 2. The van der Waals surface area contributed by atoms with Gasteiger partial charge in [-0.25, -0.2) is 8.93 Å². The minimum Gasteiger partial charge on any atom is -0.383 e. The van der Waals surface area contributed by atoms with E-state index in [1.165, 1.54) is 5.39 Å². The fraction of sp³-hybridized carbons (Fsp3) is 0.500. The van der Waals surface area contributed by atoms with Crippen LogP contribution in [0.4, 0.5) is 0 Å². The van der Waals surface area contributed by atoms with Crippen molar-refractivity contribution in [2.24, 2.45) is 0 Å². The first-order chi connectivity index (χ1) is 11.3. The number of rotatable bonds is 3. The molecule has 2 N–H and O–H groups in total. The van der Waals surface area contributed by atoms with Crippen LogP contribution >= 0.6 is 0 Å². The van der Waals surface area contributed by atoms with E-state index in [1.54, 1.807) is 0 Å². The van der Waals surface area contributed by atoms with Crippen LogP contribution in [-0.2, 0) is 16.6 Å². The fourth-order valence-electron chi connectivity index (χ4n) is 3.42. The third-order valence-corrected chi connectivity index (χ3v) is 6.54. The SMILES string of the molecule is CC(C)(C)[S@@](=O)N[C@H]1CCCC[C@@]1(O)c1ccc2ccccc2c1. The summed E-state index contributed by atoms with van der Waals surface area (Å²) in [6.45, 7) is 5.86. The Morgan fingerprint density at radius 3 is 2.54 bits per heavy atom. The highest BCUT2D eigenvalue weighted by molar-refractivity contribution is 7.84. The van der Waals surface area contributed by atoms with Gasteiger partial charge in [-0.2, -0.15) is 0 Å². The Balaban J connectivity index is 1.95. The molecule has 24 heavy (non-hydrogen) atoms. The maximum absolute atomic E-state index is 12.6. The largest absolute Gasteiger partial charge is 0.383 e. The summed E-state index contributed by atoms with van der Waals surface area (Å²) in [5.41, 5.74) is -0.0484. The van der Waals surface area contributed by atoms with Gasteiger partial charge in [0.05, 0.1) is 21.8 Å². The zero-order chi connectivity index (χ0) is 17.4. The average Bonchev–Trinajstić information content (AvgIpc) is 2.55. The summed E-state index contributed by atoms with van der Waals surface area (Å²) < 4.78 is 15.4. The van der Waals surface area contributed by atoms with Gasteiger partial charge in [0.2, 0.25) is 0 Å². The molecule has 1 aliphatic carbocycles. The normalized spacial score (nSPS) is 26.4. The van der Waals surface area contributed by atoms with E-state index in [9.17, 15) is 9.32 Å². The summed E-state index contributed by atoms with van der Waals surface area (Å²) in [6.07, 6.45) is 3.58. The van der Waals surface area contributed by atoms with E-state index in [0.717, 1.165) is 30.2 Å². The predicted octanol–water partition coefficient (Wildman–Crippen LogP) is 4.02. The molecule has 3 rings (SSSR count). The topological polar surface area (TPSA) is 49.3 Å². The molecule has 2 aromatic rings. The van der Waals surface area contributed by atoms with Crippen molar-refractivity contribution in [3.63, 3.8) is 0 Å². The molecular formula is C20H27NO2S. The highest BCUT2D eigenvalue weighted by atomic mass is 32.2. The van der Waals surface area contributed by atoms with E-state index < -0.39 is 16.6 Å². The second-order valence-electron chi connectivity index (χ2n) is 7.78. The van der Waals surface area contributed by atoms with Crippen molar-refractivity contribution in [3.05, 3.63) is 48.0 Å². The molecule has 0 heterocycles. The van der Waals surface area contributed by atoms with Gasteiger partial charge in [-0.15, -0.1) is 0 Å². The van der Waals surface area contributed by atoms with Crippen molar-refractivity contribution in [2.75, 3.05) is 0 Å². The molecule has 1 aliphatic rings. The first kappa shape index (κ1) is 17.6. The van der Waals surface area contributed by atoms with Gasteiger partial charge in [-0.1, -0.05) is 49.2 Å². The lowest BCUT2D eigenvalue weighted by Crippen LogP contribution is -2.53. The van der Waals surface area contributed by atoms with E-state index in [1.807, 2.05) is 39.0 Å². The average molecular weight is 346 g/mol. The van der Waals surface area contributed by atoms with Crippen molar-refractivity contribution in [1.82, 2.24) is 4.72 Å². The molecule has 0 aromatic heterocycles. The molecule has 4 heteroatoms. The monoisotopic (exact) mass is 345 g/mol. The lowest BCUT2D eigenvalue weighted by Gasteiger charge is -2.41. The van der Waals surface area contributed by atoms with E-state index in [0.29, 0.717) is 6.42 Å². The van der Waals surface area contributed by atoms with Gasteiger partial charge in [0.25, 0.3) is 0 Å². The van der Waals surface area contributed by atoms with Crippen LogP contribution < -0.4 is 4.72 Å². The standard InChI is InChI=1S/C20H27NO2S/c1-19(2,3)24(23)21-18-10-6-7-13-20(18,22)17-12-11-15-8-4-5-9-16(15)14-17/h4-5,8-9,11-12,14,18,21-22H,6-7,10,13H2,1-3H3/t18-,20+,24+/m0/s1. The Labute approximate surface area is 147 Å². The molecular weight excluding hydrogens is 318 g/mol. The Bertz CT molecular complexity index is 753. The van der Waals surface area contributed by atoms with Gasteiger partial charge >= 0.3 is 0 Å². The van der Waals surface area contributed by atoms with E-state index >= 15 is 0 Å². The molecule has 0 saturated heterocycles. The molecule has 0 bridgehead atoms. The molecule has 3 atom stereocenters. The Morgan fingerprint density at radius 2 is 1.83 bits per heavy atom. The first-order valence-electron chi connectivity index (χ1n) is 8.70. The summed E-state index contributed by atoms with van der Waals surface area (Å²) in [4.78, 5) is 0. The smallest absolute Gasteiger partial charge is 0.106 e. The minimum atomic E-state index is -1.19. The van der Waals surface area contributed by atoms with Crippen LogP contribution in [0.25, 0.3) is 10.8 Å². The van der Waals surface area contributed by atoms with Crippen LogP contribution in [0, 0.1) is 0 Å². The molecule has 3 nitrogen and oxygen atoms in total. The predicted molar refractivity (Wildman–Crippen MR) is 101 cm³/mol. The van der Waals surface area contributed by atoms with E-state index in [-0.39, 0.29) is 10.8 Å². The maximum Gasteiger partial charge on any atom is 0.106 e. The van der Waals surface area contributed by atoms with Crippen LogP contribution in [0.15, 0.2) is 42.5 Å². The highest BCUT2D eigenvalue weighted by Crippen LogP contribution is 2.39. The third-order valence-electron chi connectivity index (χ3n) is 4.93. The van der Waals surface area contributed by atoms with Crippen LogP contribution in [0.2, 0.25) is 0 Å². The molecule has 0 unspecified atom stereocenters. The lowest BCUT2D eigenvalue weighted by molar-refractivity contribution is -0.0245. The lowest BCUT2D eigenvalue weighted by atomic mass is 9.76. The van der Waals surface area contributed by atoms with E-state index in [2.05, 4.69) is 29.0 Å². The molecule has 130 valence electrons. The summed E-state index contributed by atoms with van der Waals surface area (Å²) in [6, 6.07) is 14.2. The van der Waals surface area contributed by atoms with Crippen LogP contribution in [0.3, 0.4) is 0 Å². The quantitative estimate of drug-likeness (QED) is 0.882. The number of benzene rings is 2. The Morgan fingerprint density at radius 1 is 1.12 bits per heavy atom. The molecule has 1 saturated carbocycles. The second-order valence-corrected chi connectivity index (χ2v) is 9.78. The number of nitrogens with one attached hydrogen (secondary N) is 1. The Hall–Kier alpha value is -1.23. The minimum absolute atomic E-state index is 0.188. The highest BCUT2D eigenvalue weighted by Gasteiger charge is 2.42. The van der Waals surface area contributed by atoms with Crippen molar-refractivity contribution < 1.29 is 9.32 Å². The van der Waals surface area contributed by atoms with Gasteiger partial charge in [0.1, 0.15) is 5.60 Å². The molecule has 1 fully saturated rings. The summed E-state index contributed by atoms with van der Waals surface area (Å²) in [5, 5.41) is 13.8. The molecule has 0 radical (unpaired) electrons. The number of fused-ring (bicyclic) bond motifs is 1. The first-order valence-corrected chi connectivity index (χ1v) is 9.85. The molecule has 0 aliphatic heterocycles.